The zero-order valence-corrected chi connectivity index (χ0v) is 16.7. The average Bonchev–Trinajstić information content (AvgIpc) is 2.70. The lowest BCUT2D eigenvalue weighted by Gasteiger charge is -2.24. The van der Waals surface area contributed by atoms with Gasteiger partial charge in [-0.25, -0.2) is 4.79 Å². The number of aliphatic hydroxyl groups excluding tert-OH is 2. The molecule has 5 atom stereocenters. The van der Waals surface area contributed by atoms with Crippen molar-refractivity contribution in [2.24, 2.45) is 5.73 Å². The Bertz CT molecular complexity index is 742. The van der Waals surface area contributed by atoms with Gasteiger partial charge in [-0.1, -0.05) is 30.3 Å². The highest BCUT2D eigenvalue weighted by Gasteiger charge is 2.29. The summed E-state index contributed by atoms with van der Waals surface area (Å²) in [5.41, 5.74) is 6.34. The van der Waals surface area contributed by atoms with Crippen molar-refractivity contribution in [3.8, 4) is 0 Å². The van der Waals surface area contributed by atoms with Crippen LogP contribution in [0.2, 0.25) is 0 Å². The predicted octanol–water partition coefficient (Wildman–Crippen LogP) is -2.51. The summed E-state index contributed by atoms with van der Waals surface area (Å²) in [6.07, 6.45) is -1.05. The molecule has 0 saturated heterocycles. The third-order valence-corrected chi connectivity index (χ3v) is 4.29. The third kappa shape index (κ3) is 7.78. The molecule has 0 fully saturated rings. The first-order chi connectivity index (χ1) is 14.1. The first kappa shape index (κ1) is 25.0. The second-order valence-corrected chi connectivity index (χ2v) is 6.83. The SMILES string of the molecule is CC(NC(=O)C(Cc1ccccc1)NC(=O)C(N)C(C)O)C(=O)NC(CO)C(=O)O. The minimum atomic E-state index is -1.51. The minimum Gasteiger partial charge on any atom is -0.480 e. The fourth-order valence-electron chi connectivity index (χ4n) is 2.41. The minimum absolute atomic E-state index is 0.0909. The van der Waals surface area contributed by atoms with E-state index in [0.717, 1.165) is 5.56 Å². The van der Waals surface area contributed by atoms with E-state index in [1.807, 2.05) is 0 Å². The molecule has 0 aliphatic rings. The van der Waals surface area contributed by atoms with Gasteiger partial charge in [-0.3, -0.25) is 14.4 Å². The monoisotopic (exact) mass is 424 g/mol. The van der Waals surface area contributed by atoms with Crippen LogP contribution in [-0.4, -0.2) is 75.9 Å². The number of carbonyl (C=O) groups is 4. The number of hydrogen-bond acceptors (Lipinski definition) is 7. The van der Waals surface area contributed by atoms with Gasteiger partial charge in [-0.2, -0.15) is 0 Å². The van der Waals surface area contributed by atoms with E-state index in [1.54, 1.807) is 30.3 Å². The van der Waals surface area contributed by atoms with Gasteiger partial charge < -0.3 is 37.0 Å². The maximum Gasteiger partial charge on any atom is 0.328 e. The molecule has 0 aliphatic heterocycles. The molecule has 30 heavy (non-hydrogen) atoms. The summed E-state index contributed by atoms with van der Waals surface area (Å²) < 4.78 is 0. The molecule has 0 aromatic heterocycles. The highest BCUT2D eigenvalue weighted by Crippen LogP contribution is 2.05. The Morgan fingerprint density at radius 1 is 0.933 bits per heavy atom. The van der Waals surface area contributed by atoms with Gasteiger partial charge in [-0.05, 0) is 19.4 Å². The van der Waals surface area contributed by atoms with Crippen molar-refractivity contribution in [3.63, 3.8) is 0 Å². The van der Waals surface area contributed by atoms with E-state index in [1.165, 1.54) is 13.8 Å². The summed E-state index contributed by atoms with van der Waals surface area (Å²) in [5, 5.41) is 34.3. The predicted molar refractivity (Wildman–Crippen MR) is 106 cm³/mol. The van der Waals surface area contributed by atoms with Crippen molar-refractivity contribution in [2.75, 3.05) is 6.61 Å². The highest BCUT2D eigenvalue weighted by atomic mass is 16.4. The van der Waals surface area contributed by atoms with E-state index in [2.05, 4.69) is 16.0 Å². The third-order valence-electron chi connectivity index (χ3n) is 4.29. The van der Waals surface area contributed by atoms with E-state index in [-0.39, 0.29) is 6.42 Å². The number of benzene rings is 1. The van der Waals surface area contributed by atoms with Crippen LogP contribution >= 0.6 is 0 Å². The standard InChI is InChI=1S/C19H28N4O7/c1-10(16(26)23-14(9-24)19(29)30)21-17(27)13(8-12-6-4-3-5-7-12)22-18(28)15(20)11(2)25/h3-7,10-11,13-15,24-25H,8-9,20H2,1-2H3,(H,21,27)(H,22,28)(H,23,26)(H,29,30). The Kier molecular flexibility index (Phi) is 9.89. The van der Waals surface area contributed by atoms with Crippen molar-refractivity contribution in [1.82, 2.24) is 16.0 Å². The van der Waals surface area contributed by atoms with E-state index < -0.39 is 60.6 Å². The molecule has 0 spiro atoms. The second-order valence-electron chi connectivity index (χ2n) is 6.83. The van der Waals surface area contributed by atoms with Crippen LogP contribution in [0.25, 0.3) is 0 Å². The molecule has 0 radical (unpaired) electrons. The smallest absolute Gasteiger partial charge is 0.328 e. The van der Waals surface area contributed by atoms with Crippen molar-refractivity contribution in [3.05, 3.63) is 35.9 Å². The maximum atomic E-state index is 12.7. The van der Waals surface area contributed by atoms with Crippen LogP contribution < -0.4 is 21.7 Å². The average molecular weight is 424 g/mol. The second kappa shape index (κ2) is 11.9. The van der Waals surface area contributed by atoms with E-state index in [9.17, 15) is 24.3 Å². The lowest BCUT2D eigenvalue weighted by Crippen LogP contribution is -2.58. The molecular weight excluding hydrogens is 396 g/mol. The molecular formula is C19H28N4O7. The van der Waals surface area contributed by atoms with Crippen LogP contribution in [0.1, 0.15) is 19.4 Å². The van der Waals surface area contributed by atoms with Gasteiger partial charge >= 0.3 is 5.97 Å². The van der Waals surface area contributed by atoms with Crippen LogP contribution in [0.5, 0.6) is 0 Å². The van der Waals surface area contributed by atoms with Gasteiger partial charge in [0.1, 0.15) is 24.2 Å². The molecule has 0 saturated carbocycles. The molecule has 1 aromatic carbocycles. The molecule has 0 aliphatic carbocycles. The number of aliphatic hydroxyl groups is 2. The Balaban J connectivity index is 2.88. The number of nitrogens with two attached hydrogens (primary N) is 1. The Morgan fingerprint density at radius 3 is 2.00 bits per heavy atom. The van der Waals surface area contributed by atoms with E-state index in [0.29, 0.717) is 0 Å². The van der Waals surface area contributed by atoms with Crippen molar-refractivity contribution >= 4 is 23.7 Å². The number of carboxylic acid groups (broad SMARTS) is 1. The normalized spacial score (nSPS) is 15.8. The van der Waals surface area contributed by atoms with Crippen LogP contribution in [-0.2, 0) is 25.6 Å². The molecule has 1 rings (SSSR count). The van der Waals surface area contributed by atoms with Gasteiger partial charge in [0, 0.05) is 6.42 Å². The summed E-state index contributed by atoms with van der Waals surface area (Å²) in [6, 6.07) is 3.77. The summed E-state index contributed by atoms with van der Waals surface area (Å²) in [7, 11) is 0. The summed E-state index contributed by atoms with van der Waals surface area (Å²) in [4.78, 5) is 48.0. The van der Waals surface area contributed by atoms with Crippen LogP contribution in [0.3, 0.4) is 0 Å². The molecule has 5 unspecified atom stereocenters. The quantitative estimate of drug-likeness (QED) is 0.202. The van der Waals surface area contributed by atoms with Gasteiger partial charge in [0.05, 0.1) is 12.7 Å². The first-order valence-electron chi connectivity index (χ1n) is 9.29. The molecule has 0 heterocycles. The summed E-state index contributed by atoms with van der Waals surface area (Å²) in [5.74, 6) is -3.70. The highest BCUT2D eigenvalue weighted by molar-refractivity contribution is 5.94. The molecule has 3 amide bonds. The Labute approximate surface area is 173 Å². The van der Waals surface area contributed by atoms with Crippen LogP contribution in [0.15, 0.2) is 30.3 Å². The molecule has 166 valence electrons. The molecule has 1 aromatic rings. The number of carboxylic acids is 1. The van der Waals surface area contributed by atoms with Gasteiger partial charge in [0.25, 0.3) is 0 Å². The van der Waals surface area contributed by atoms with Crippen molar-refractivity contribution < 1.29 is 34.5 Å². The Hall–Kier alpha value is -3.02. The fourth-order valence-corrected chi connectivity index (χ4v) is 2.41. The largest absolute Gasteiger partial charge is 0.480 e. The number of nitrogens with one attached hydrogen (secondary N) is 3. The lowest BCUT2D eigenvalue weighted by molar-refractivity contribution is -0.143. The number of rotatable bonds is 11. The van der Waals surface area contributed by atoms with E-state index in [4.69, 9.17) is 15.9 Å². The lowest BCUT2D eigenvalue weighted by atomic mass is 10.0. The first-order valence-corrected chi connectivity index (χ1v) is 9.29. The summed E-state index contributed by atoms with van der Waals surface area (Å²) >= 11 is 0. The zero-order valence-electron chi connectivity index (χ0n) is 16.7. The summed E-state index contributed by atoms with van der Waals surface area (Å²) in [6.45, 7) is 1.85. The fraction of sp³-hybridized carbons (Fsp3) is 0.474. The molecule has 11 heteroatoms. The number of hydrogen-bond donors (Lipinski definition) is 7. The van der Waals surface area contributed by atoms with Gasteiger partial charge in [0.15, 0.2) is 0 Å². The number of amides is 3. The van der Waals surface area contributed by atoms with Crippen molar-refractivity contribution in [1.29, 1.82) is 0 Å². The number of carbonyl (C=O) groups excluding carboxylic acids is 3. The molecule has 11 nitrogen and oxygen atoms in total. The van der Waals surface area contributed by atoms with Crippen molar-refractivity contribution in [2.45, 2.75) is 50.5 Å². The van der Waals surface area contributed by atoms with E-state index >= 15 is 0 Å². The van der Waals surface area contributed by atoms with Crippen LogP contribution in [0.4, 0.5) is 0 Å². The maximum absolute atomic E-state index is 12.7. The molecule has 0 bridgehead atoms. The number of aliphatic carboxylic acids is 1. The van der Waals surface area contributed by atoms with Crippen LogP contribution in [0, 0.1) is 0 Å². The topological polar surface area (TPSA) is 191 Å². The van der Waals surface area contributed by atoms with Gasteiger partial charge in [0.2, 0.25) is 17.7 Å². The zero-order chi connectivity index (χ0) is 22.8. The van der Waals surface area contributed by atoms with Gasteiger partial charge in [-0.15, -0.1) is 0 Å². The molecule has 8 N–H and O–H groups in total. The Morgan fingerprint density at radius 2 is 1.50 bits per heavy atom.